The monoisotopic (exact) mass is 458 g/mol. The number of hydrogen-bond acceptors (Lipinski definition) is 5. The molecule has 1 heterocycles. The normalized spacial score (nSPS) is 19.7. The number of nitrogens with zero attached hydrogens (tertiary/aromatic N) is 1. The number of pyridine rings is 1. The van der Waals surface area contributed by atoms with E-state index in [1.54, 1.807) is 49.5 Å². The Morgan fingerprint density at radius 3 is 2.38 bits per heavy atom. The highest BCUT2D eigenvalue weighted by Gasteiger charge is 2.29. The van der Waals surface area contributed by atoms with Crippen LogP contribution in [-0.4, -0.2) is 37.8 Å². The summed E-state index contributed by atoms with van der Waals surface area (Å²) in [6, 6.07) is 13.1. The van der Waals surface area contributed by atoms with Crippen LogP contribution in [0, 0.1) is 11.8 Å². The third-order valence-electron chi connectivity index (χ3n) is 5.76. The van der Waals surface area contributed by atoms with Crippen LogP contribution in [0.3, 0.4) is 0 Å². The van der Waals surface area contributed by atoms with Gasteiger partial charge in [-0.25, -0.2) is 13.1 Å². The summed E-state index contributed by atoms with van der Waals surface area (Å²) in [5, 5.41) is 5.57. The maximum Gasteiger partial charge on any atom is 0.242 e. The van der Waals surface area contributed by atoms with E-state index in [0.29, 0.717) is 25.9 Å². The van der Waals surface area contributed by atoms with E-state index in [4.69, 9.17) is 0 Å². The zero-order chi connectivity index (χ0) is 23.0. The minimum absolute atomic E-state index is 0.131. The Morgan fingerprint density at radius 2 is 1.72 bits per heavy atom. The lowest BCUT2D eigenvalue weighted by Gasteiger charge is -2.28. The molecule has 3 rings (SSSR count). The molecule has 9 heteroatoms. The molecule has 1 aromatic heterocycles. The van der Waals surface area contributed by atoms with Crippen LogP contribution in [0.5, 0.6) is 0 Å². The van der Waals surface area contributed by atoms with Gasteiger partial charge in [-0.15, -0.1) is 0 Å². The van der Waals surface area contributed by atoms with Gasteiger partial charge in [0.1, 0.15) is 6.04 Å². The van der Waals surface area contributed by atoms with Crippen molar-refractivity contribution in [1.29, 1.82) is 0 Å². The fraction of sp³-hybridized carbons (Fsp3) is 0.435. The lowest BCUT2D eigenvalue weighted by molar-refractivity contribution is -0.131. The molecule has 0 aliphatic heterocycles. The first-order chi connectivity index (χ1) is 15.3. The summed E-state index contributed by atoms with van der Waals surface area (Å²) in [6.45, 7) is 2.33. The largest absolute Gasteiger partial charge is 0.349 e. The molecule has 3 N–H and O–H groups in total. The molecule has 0 radical (unpaired) electrons. The average molecular weight is 459 g/mol. The van der Waals surface area contributed by atoms with E-state index in [-0.39, 0.29) is 28.5 Å². The van der Waals surface area contributed by atoms with Crippen molar-refractivity contribution in [3.05, 3.63) is 60.4 Å². The van der Waals surface area contributed by atoms with Crippen molar-refractivity contribution < 1.29 is 18.0 Å². The molecule has 172 valence electrons. The zero-order valence-corrected chi connectivity index (χ0v) is 19.0. The summed E-state index contributed by atoms with van der Waals surface area (Å²) in [5.74, 6) is -0.360. The van der Waals surface area contributed by atoms with Crippen LogP contribution < -0.4 is 15.4 Å². The number of rotatable bonds is 9. The van der Waals surface area contributed by atoms with Gasteiger partial charge in [-0.1, -0.05) is 24.3 Å². The molecule has 2 amide bonds. The lowest BCUT2D eigenvalue weighted by Crippen LogP contribution is -2.47. The molecule has 0 unspecified atom stereocenters. The highest BCUT2D eigenvalue weighted by molar-refractivity contribution is 7.89. The average Bonchev–Trinajstić information content (AvgIpc) is 2.82. The van der Waals surface area contributed by atoms with Crippen molar-refractivity contribution in [2.45, 2.75) is 50.1 Å². The van der Waals surface area contributed by atoms with Gasteiger partial charge in [0.25, 0.3) is 0 Å². The number of aromatic nitrogens is 1. The number of carbonyl (C=O) groups excluding carboxylic acids is 2. The van der Waals surface area contributed by atoms with E-state index in [1.165, 1.54) is 0 Å². The molecule has 1 aromatic carbocycles. The highest BCUT2D eigenvalue weighted by Crippen LogP contribution is 2.29. The Labute approximate surface area is 189 Å². The van der Waals surface area contributed by atoms with Crippen molar-refractivity contribution in [1.82, 2.24) is 20.3 Å². The molecule has 0 spiro atoms. The van der Waals surface area contributed by atoms with Gasteiger partial charge in [0, 0.05) is 18.7 Å². The topological polar surface area (TPSA) is 117 Å². The van der Waals surface area contributed by atoms with Crippen molar-refractivity contribution in [3.8, 4) is 0 Å². The Morgan fingerprint density at radius 1 is 1.03 bits per heavy atom. The van der Waals surface area contributed by atoms with E-state index in [2.05, 4.69) is 20.3 Å². The van der Waals surface area contributed by atoms with Crippen LogP contribution in [0.1, 0.15) is 38.3 Å². The van der Waals surface area contributed by atoms with Gasteiger partial charge >= 0.3 is 0 Å². The standard InChI is InChI=1S/C23H30N4O4S/c1-17(22(28)25-16-20-7-5-6-14-24-20)27-23(29)19-12-10-18(11-13-19)15-26-32(30,31)21-8-3-2-4-9-21/h2-9,14,17-19,26H,10-13,15-16H2,1H3,(H,25,28)(H,27,29)/t17-,18?,19?/m0/s1. The van der Waals surface area contributed by atoms with Gasteiger partial charge in [0.2, 0.25) is 21.8 Å². The van der Waals surface area contributed by atoms with Crippen molar-refractivity contribution >= 4 is 21.8 Å². The molecule has 2 aromatic rings. The zero-order valence-electron chi connectivity index (χ0n) is 18.2. The SMILES string of the molecule is C[C@H](NC(=O)C1CCC(CNS(=O)(=O)c2ccccc2)CC1)C(=O)NCc1ccccn1. The van der Waals surface area contributed by atoms with E-state index in [1.807, 2.05) is 12.1 Å². The minimum atomic E-state index is -3.52. The van der Waals surface area contributed by atoms with Crippen LogP contribution in [0.15, 0.2) is 59.6 Å². The lowest BCUT2D eigenvalue weighted by atomic mass is 9.81. The van der Waals surface area contributed by atoms with E-state index < -0.39 is 16.1 Å². The van der Waals surface area contributed by atoms with Crippen molar-refractivity contribution in [2.24, 2.45) is 11.8 Å². The molecule has 8 nitrogen and oxygen atoms in total. The van der Waals surface area contributed by atoms with Gasteiger partial charge in [0.15, 0.2) is 0 Å². The predicted molar refractivity (Wildman–Crippen MR) is 121 cm³/mol. The van der Waals surface area contributed by atoms with Gasteiger partial charge in [-0.2, -0.15) is 0 Å². The maximum atomic E-state index is 12.6. The number of nitrogens with one attached hydrogen (secondary N) is 3. The molecule has 1 atom stereocenters. The molecule has 1 aliphatic carbocycles. The smallest absolute Gasteiger partial charge is 0.242 e. The first-order valence-corrected chi connectivity index (χ1v) is 12.4. The number of carbonyl (C=O) groups is 2. The third-order valence-corrected chi connectivity index (χ3v) is 7.19. The third kappa shape index (κ3) is 6.86. The van der Waals surface area contributed by atoms with Crippen LogP contribution in [-0.2, 0) is 26.2 Å². The van der Waals surface area contributed by atoms with Crippen LogP contribution in [0.2, 0.25) is 0 Å². The Hall–Kier alpha value is -2.78. The quantitative estimate of drug-likeness (QED) is 0.531. The summed E-state index contributed by atoms with van der Waals surface area (Å²) in [7, 11) is -3.52. The first kappa shape index (κ1) is 23.9. The van der Waals surface area contributed by atoms with Gasteiger partial charge in [0.05, 0.1) is 17.1 Å². The Bertz CT molecular complexity index is 991. The second-order valence-corrected chi connectivity index (χ2v) is 9.92. The number of sulfonamides is 1. The maximum absolute atomic E-state index is 12.6. The molecule has 1 aliphatic rings. The van der Waals surface area contributed by atoms with E-state index in [9.17, 15) is 18.0 Å². The molecule has 1 saturated carbocycles. The van der Waals surface area contributed by atoms with Gasteiger partial charge in [-0.05, 0) is 62.8 Å². The molecular formula is C23H30N4O4S. The molecule has 1 fully saturated rings. The summed E-state index contributed by atoms with van der Waals surface area (Å²) in [5.41, 5.74) is 0.751. The van der Waals surface area contributed by atoms with Crippen molar-refractivity contribution in [2.75, 3.05) is 6.54 Å². The Balaban J connectivity index is 1.38. The second-order valence-electron chi connectivity index (χ2n) is 8.15. The van der Waals surface area contributed by atoms with E-state index >= 15 is 0 Å². The summed E-state index contributed by atoms with van der Waals surface area (Å²) < 4.78 is 27.4. The Kier molecular flexibility index (Phi) is 8.35. The highest BCUT2D eigenvalue weighted by atomic mass is 32.2. The molecule has 0 bridgehead atoms. The summed E-state index contributed by atoms with van der Waals surface area (Å²) in [6.07, 6.45) is 4.53. The number of benzene rings is 1. The van der Waals surface area contributed by atoms with Gasteiger partial charge in [-0.3, -0.25) is 14.6 Å². The van der Waals surface area contributed by atoms with Crippen LogP contribution >= 0.6 is 0 Å². The summed E-state index contributed by atoms with van der Waals surface area (Å²) in [4.78, 5) is 29.3. The first-order valence-electron chi connectivity index (χ1n) is 10.9. The number of amides is 2. The van der Waals surface area contributed by atoms with E-state index in [0.717, 1.165) is 18.5 Å². The molecule has 32 heavy (non-hydrogen) atoms. The molecular weight excluding hydrogens is 428 g/mol. The second kappa shape index (κ2) is 11.2. The van der Waals surface area contributed by atoms with Gasteiger partial charge < -0.3 is 10.6 Å². The fourth-order valence-corrected chi connectivity index (χ4v) is 4.91. The minimum Gasteiger partial charge on any atom is -0.349 e. The van der Waals surface area contributed by atoms with Crippen LogP contribution in [0.25, 0.3) is 0 Å². The number of hydrogen-bond donors (Lipinski definition) is 3. The van der Waals surface area contributed by atoms with Crippen LogP contribution in [0.4, 0.5) is 0 Å². The fourth-order valence-electron chi connectivity index (χ4n) is 3.77. The molecule has 0 saturated heterocycles. The van der Waals surface area contributed by atoms with Crippen molar-refractivity contribution in [3.63, 3.8) is 0 Å². The predicted octanol–water partition coefficient (Wildman–Crippen LogP) is 1.99. The summed E-state index contributed by atoms with van der Waals surface area (Å²) >= 11 is 0.